The van der Waals surface area contributed by atoms with Crippen LogP contribution in [0.1, 0.15) is 18.0 Å². The maximum atomic E-state index is 11.7. The molecule has 0 aliphatic carbocycles. The number of nitrogens with two attached hydrogens (primary N) is 1. The van der Waals surface area contributed by atoms with Crippen LogP contribution in [-0.2, 0) is 9.59 Å². The maximum Gasteiger partial charge on any atom is 0.239 e. The summed E-state index contributed by atoms with van der Waals surface area (Å²) >= 11 is 0. The van der Waals surface area contributed by atoms with Gasteiger partial charge in [0.05, 0.1) is 13.1 Å². The summed E-state index contributed by atoms with van der Waals surface area (Å²) in [6.45, 7) is 4.52. The second-order valence-corrected chi connectivity index (χ2v) is 6.41. The molecule has 1 unspecified atom stereocenters. The summed E-state index contributed by atoms with van der Waals surface area (Å²) in [5, 5.41) is 5.30. The summed E-state index contributed by atoms with van der Waals surface area (Å²) < 4.78 is 0. The zero-order valence-corrected chi connectivity index (χ0v) is 14.9. The number of hydrogen-bond donors (Lipinski definition) is 3. The summed E-state index contributed by atoms with van der Waals surface area (Å²) in [6.07, 6.45) is 0.879. The number of benzene rings is 1. The molecule has 1 aromatic rings. The van der Waals surface area contributed by atoms with Gasteiger partial charge in [0, 0.05) is 38.8 Å². The Morgan fingerprint density at radius 3 is 2.64 bits per heavy atom. The third-order valence-corrected chi connectivity index (χ3v) is 4.45. The molecule has 2 amide bonds. The molecule has 1 aromatic carbocycles. The predicted molar refractivity (Wildman–Crippen MR) is 97.9 cm³/mol. The van der Waals surface area contributed by atoms with Crippen LogP contribution in [0.4, 0.5) is 0 Å². The molecule has 25 heavy (non-hydrogen) atoms. The predicted octanol–water partition coefficient (Wildman–Crippen LogP) is -0.444. The van der Waals surface area contributed by atoms with E-state index in [1.807, 2.05) is 6.07 Å². The van der Waals surface area contributed by atoms with Crippen molar-refractivity contribution < 1.29 is 9.59 Å². The summed E-state index contributed by atoms with van der Waals surface area (Å²) in [5.41, 5.74) is 6.52. The van der Waals surface area contributed by atoms with Gasteiger partial charge in [-0.15, -0.1) is 0 Å². The van der Waals surface area contributed by atoms with Gasteiger partial charge in [-0.3, -0.25) is 14.5 Å². The monoisotopic (exact) mass is 347 g/mol. The number of carbonyl (C=O) groups excluding carboxylic acids is 2. The number of nitrogens with one attached hydrogen (secondary N) is 2. The Kier molecular flexibility index (Phi) is 7.84. The van der Waals surface area contributed by atoms with Crippen LogP contribution in [0.15, 0.2) is 30.3 Å². The van der Waals surface area contributed by atoms with E-state index in [2.05, 4.69) is 51.7 Å². The fraction of sp³-hybridized carbons (Fsp3) is 0.556. The maximum absolute atomic E-state index is 11.7. The lowest BCUT2D eigenvalue weighted by Gasteiger charge is -2.40. The molecule has 0 aromatic heterocycles. The first-order valence-corrected chi connectivity index (χ1v) is 8.81. The third-order valence-electron chi connectivity index (χ3n) is 4.45. The fourth-order valence-corrected chi connectivity index (χ4v) is 3.04. The van der Waals surface area contributed by atoms with Gasteiger partial charge in [0.15, 0.2) is 0 Å². The quantitative estimate of drug-likeness (QED) is 0.555. The molecule has 138 valence electrons. The van der Waals surface area contributed by atoms with Crippen molar-refractivity contribution in [2.75, 3.05) is 52.9 Å². The number of hydrogen-bond acceptors (Lipinski definition) is 5. The lowest BCUT2D eigenvalue weighted by molar-refractivity contribution is -0.125. The molecule has 0 radical (unpaired) electrons. The molecule has 7 nitrogen and oxygen atoms in total. The number of likely N-dealkylation sites (N-methyl/N-ethyl adjacent to an activating group) is 1. The van der Waals surface area contributed by atoms with E-state index >= 15 is 0 Å². The Balaban J connectivity index is 1.75. The van der Waals surface area contributed by atoms with Gasteiger partial charge in [0.25, 0.3) is 0 Å². The van der Waals surface area contributed by atoms with E-state index in [-0.39, 0.29) is 24.9 Å². The Labute approximate surface area is 149 Å². The molecule has 2 rings (SSSR count). The van der Waals surface area contributed by atoms with Crippen molar-refractivity contribution in [3.8, 4) is 0 Å². The molecule has 1 fully saturated rings. The van der Waals surface area contributed by atoms with Crippen LogP contribution < -0.4 is 16.4 Å². The van der Waals surface area contributed by atoms with E-state index in [4.69, 9.17) is 5.73 Å². The number of rotatable bonds is 8. The van der Waals surface area contributed by atoms with Gasteiger partial charge >= 0.3 is 0 Å². The summed E-state index contributed by atoms with van der Waals surface area (Å²) in [4.78, 5) is 27.5. The summed E-state index contributed by atoms with van der Waals surface area (Å²) in [5.74, 6) is -0.502. The van der Waals surface area contributed by atoms with Crippen LogP contribution in [0.25, 0.3) is 0 Å². The summed E-state index contributed by atoms with van der Waals surface area (Å²) in [6, 6.07) is 11.0. The van der Waals surface area contributed by atoms with Gasteiger partial charge in [-0.05, 0) is 19.0 Å². The number of piperazine rings is 1. The fourth-order valence-electron chi connectivity index (χ4n) is 3.04. The minimum atomic E-state index is -0.321. The molecular weight excluding hydrogens is 318 g/mol. The molecule has 1 saturated heterocycles. The highest BCUT2D eigenvalue weighted by molar-refractivity contribution is 5.85. The SMILES string of the molecule is CN1CCN(CCCNC(=O)CNC(=O)CN)C(c2ccccc2)C1. The molecule has 0 spiro atoms. The second kappa shape index (κ2) is 10.1. The van der Waals surface area contributed by atoms with Crippen molar-refractivity contribution >= 4 is 11.8 Å². The molecule has 1 aliphatic heterocycles. The highest BCUT2D eigenvalue weighted by Crippen LogP contribution is 2.24. The van der Waals surface area contributed by atoms with Crippen LogP contribution in [-0.4, -0.2) is 74.5 Å². The Bertz CT molecular complexity index is 552. The molecule has 1 atom stereocenters. The van der Waals surface area contributed by atoms with Crippen molar-refractivity contribution in [3.05, 3.63) is 35.9 Å². The number of nitrogens with zero attached hydrogens (tertiary/aromatic N) is 2. The van der Waals surface area contributed by atoms with Crippen LogP contribution in [0, 0.1) is 0 Å². The first-order chi connectivity index (χ1) is 12.1. The lowest BCUT2D eigenvalue weighted by atomic mass is 10.0. The molecule has 7 heteroatoms. The van der Waals surface area contributed by atoms with Crippen LogP contribution in [0.5, 0.6) is 0 Å². The minimum absolute atomic E-state index is 0.0167. The zero-order valence-electron chi connectivity index (χ0n) is 14.9. The van der Waals surface area contributed by atoms with E-state index in [1.165, 1.54) is 5.56 Å². The molecule has 1 heterocycles. The van der Waals surface area contributed by atoms with Crippen molar-refractivity contribution in [2.24, 2.45) is 5.73 Å². The van der Waals surface area contributed by atoms with Crippen molar-refractivity contribution in [1.82, 2.24) is 20.4 Å². The largest absolute Gasteiger partial charge is 0.355 e. The smallest absolute Gasteiger partial charge is 0.239 e. The standard InChI is InChI=1S/C18H29N5O2/c1-22-10-11-23(16(14-22)15-6-3-2-4-7-15)9-5-8-20-18(25)13-21-17(24)12-19/h2-4,6-7,16H,5,8-14,19H2,1H3,(H,20,25)(H,21,24). The van der Waals surface area contributed by atoms with Gasteiger partial charge in [-0.1, -0.05) is 30.3 Å². The number of carbonyl (C=O) groups is 2. The van der Waals surface area contributed by atoms with Crippen molar-refractivity contribution in [2.45, 2.75) is 12.5 Å². The van der Waals surface area contributed by atoms with Crippen LogP contribution >= 0.6 is 0 Å². The van der Waals surface area contributed by atoms with E-state index in [0.717, 1.165) is 32.6 Å². The molecular formula is C18H29N5O2. The minimum Gasteiger partial charge on any atom is -0.355 e. The molecule has 4 N–H and O–H groups in total. The molecule has 1 aliphatic rings. The second-order valence-electron chi connectivity index (χ2n) is 6.41. The Morgan fingerprint density at radius 2 is 1.92 bits per heavy atom. The highest BCUT2D eigenvalue weighted by Gasteiger charge is 2.25. The topological polar surface area (TPSA) is 90.7 Å². The van der Waals surface area contributed by atoms with Gasteiger partial charge in [0.1, 0.15) is 0 Å². The van der Waals surface area contributed by atoms with E-state index < -0.39 is 0 Å². The summed E-state index contributed by atoms with van der Waals surface area (Å²) in [7, 11) is 2.16. The van der Waals surface area contributed by atoms with Crippen molar-refractivity contribution in [3.63, 3.8) is 0 Å². The molecule has 0 saturated carbocycles. The van der Waals surface area contributed by atoms with Gasteiger partial charge < -0.3 is 21.3 Å². The van der Waals surface area contributed by atoms with E-state index in [0.29, 0.717) is 12.6 Å². The number of amides is 2. The first kappa shape index (κ1) is 19.4. The zero-order chi connectivity index (χ0) is 18.1. The average molecular weight is 347 g/mol. The highest BCUT2D eigenvalue weighted by atomic mass is 16.2. The normalized spacial score (nSPS) is 18.7. The first-order valence-electron chi connectivity index (χ1n) is 8.81. The van der Waals surface area contributed by atoms with E-state index in [9.17, 15) is 9.59 Å². The van der Waals surface area contributed by atoms with Crippen LogP contribution in [0.2, 0.25) is 0 Å². The lowest BCUT2D eigenvalue weighted by Crippen LogP contribution is -2.47. The Morgan fingerprint density at radius 1 is 1.16 bits per heavy atom. The molecule has 0 bridgehead atoms. The van der Waals surface area contributed by atoms with E-state index in [1.54, 1.807) is 0 Å². The van der Waals surface area contributed by atoms with Gasteiger partial charge in [-0.2, -0.15) is 0 Å². The van der Waals surface area contributed by atoms with Gasteiger partial charge in [0.2, 0.25) is 11.8 Å². The van der Waals surface area contributed by atoms with Crippen LogP contribution in [0.3, 0.4) is 0 Å². The third kappa shape index (κ3) is 6.45. The Hall–Kier alpha value is -1.96. The van der Waals surface area contributed by atoms with Crippen molar-refractivity contribution in [1.29, 1.82) is 0 Å². The average Bonchev–Trinajstić information content (AvgIpc) is 2.64. The van der Waals surface area contributed by atoms with Gasteiger partial charge in [-0.25, -0.2) is 0 Å².